The van der Waals surface area contributed by atoms with E-state index in [4.69, 9.17) is 0 Å². The average Bonchev–Trinajstić information content (AvgIpc) is 2.49. The number of hydrogen-bond donors (Lipinski definition) is 2. The molecule has 1 aromatic rings. The summed E-state index contributed by atoms with van der Waals surface area (Å²) in [6.07, 6.45) is 1.56. The lowest BCUT2D eigenvalue weighted by molar-refractivity contribution is 0.0799. The number of carbonyl (C=O) groups is 1. The van der Waals surface area contributed by atoms with Crippen LogP contribution in [0.5, 0.6) is 0 Å². The first-order valence-electron chi connectivity index (χ1n) is 7.62. The van der Waals surface area contributed by atoms with Crippen LogP contribution in [0.15, 0.2) is 18.2 Å². The van der Waals surface area contributed by atoms with E-state index in [1.54, 1.807) is 11.8 Å². The number of aliphatic hydroxyl groups excluding tert-OH is 1. The van der Waals surface area contributed by atoms with E-state index in [2.05, 4.69) is 5.32 Å². The molecule has 2 rings (SSSR count). The minimum atomic E-state index is -0.605. The molecule has 0 aliphatic carbocycles. The van der Waals surface area contributed by atoms with Crippen LogP contribution >= 0.6 is 0 Å². The van der Waals surface area contributed by atoms with E-state index in [1.165, 1.54) is 12.1 Å². The van der Waals surface area contributed by atoms with Gasteiger partial charge in [-0.25, -0.2) is 13.6 Å². The van der Waals surface area contributed by atoms with Crippen LogP contribution in [0.3, 0.4) is 0 Å². The molecule has 0 bridgehead atoms. The van der Waals surface area contributed by atoms with Crippen molar-refractivity contribution in [3.05, 3.63) is 35.4 Å². The minimum Gasteiger partial charge on any atom is -0.393 e. The molecular weight excluding hydrogens is 290 g/mol. The second-order valence-electron chi connectivity index (χ2n) is 5.78. The van der Waals surface area contributed by atoms with E-state index in [1.807, 2.05) is 0 Å². The number of amides is 2. The van der Waals surface area contributed by atoms with Gasteiger partial charge in [-0.1, -0.05) is 6.07 Å². The van der Waals surface area contributed by atoms with Crippen LogP contribution in [0.1, 0.15) is 25.3 Å². The Morgan fingerprint density at radius 3 is 2.68 bits per heavy atom. The summed E-state index contributed by atoms with van der Waals surface area (Å²) in [5.74, 6) is -0.948. The third kappa shape index (κ3) is 4.40. The number of piperidine rings is 1. The zero-order valence-electron chi connectivity index (χ0n) is 12.7. The number of nitrogens with one attached hydrogen (secondary N) is 1. The Labute approximate surface area is 129 Å². The van der Waals surface area contributed by atoms with Gasteiger partial charge in [0.1, 0.15) is 11.6 Å². The molecule has 0 radical (unpaired) electrons. The van der Waals surface area contributed by atoms with Gasteiger partial charge in [0.2, 0.25) is 0 Å². The third-order valence-electron chi connectivity index (χ3n) is 4.19. The molecule has 6 heteroatoms. The molecule has 1 fully saturated rings. The van der Waals surface area contributed by atoms with Gasteiger partial charge in [-0.15, -0.1) is 0 Å². The molecule has 1 heterocycles. The van der Waals surface area contributed by atoms with Gasteiger partial charge < -0.3 is 15.3 Å². The summed E-state index contributed by atoms with van der Waals surface area (Å²) in [5, 5.41) is 12.3. The molecule has 1 aromatic carbocycles. The van der Waals surface area contributed by atoms with E-state index in [-0.39, 0.29) is 18.1 Å². The van der Waals surface area contributed by atoms with Crippen molar-refractivity contribution in [2.45, 2.75) is 32.3 Å². The van der Waals surface area contributed by atoms with Gasteiger partial charge in [0, 0.05) is 25.7 Å². The zero-order valence-corrected chi connectivity index (χ0v) is 12.7. The topological polar surface area (TPSA) is 52.6 Å². The zero-order chi connectivity index (χ0) is 16.1. The Hall–Kier alpha value is -1.69. The highest BCUT2D eigenvalue weighted by molar-refractivity contribution is 5.74. The molecule has 1 unspecified atom stereocenters. The van der Waals surface area contributed by atoms with Crippen LogP contribution in [0.25, 0.3) is 0 Å². The van der Waals surface area contributed by atoms with Crippen LogP contribution in [-0.2, 0) is 6.42 Å². The lowest BCUT2D eigenvalue weighted by Gasteiger charge is -2.33. The van der Waals surface area contributed by atoms with Crippen molar-refractivity contribution in [2.75, 3.05) is 19.6 Å². The van der Waals surface area contributed by atoms with Gasteiger partial charge >= 0.3 is 6.03 Å². The molecule has 1 aliphatic rings. The Balaban J connectivity index is 1.74. The predicted octanol–water partition coefficient (Wildman–Crippen LogP) is 2.31. The van der Waals surface area contributed by atoms with Crippen molar-refractivity contribution in [1.29, 1.82) is 0 Å². The average molecular weight is 312 g/mol. The highest BCUT2D eigenvalue weighted by atomic mass is 19.1. The van der Waals surface area contributed by atoms with Crippen LogP contribution < -0.4 is 5.32 Å². The summed E-state index contributed by atoms with van der Waals surface area (Å²) in [4.78, 5) is 13.7. The highest BCUT2D eigenvalue weighted by Gasteiger charge is 2.25. The lowest BCUT2D eigenvalue weighted by atomic mass is 9.92. The maximum Gasteiger partial charge on any atom is 0.317 e. The van der Waals surface area contributed by atoms with Crippen molar-refractivity contribution in [3.8, 4) is 0 Å². The van der Waals surface area contributed by atoms with Crippen molar-refractivity contribution < 1.29 is 18.7 Å². The van der Waals surface area contributed by atoms with E-state index in [9.17, 15) is 18.7 Å². The Morgan fingerprint density at radius 1 is 1.41 bits per heavy atom. The molecule has 22 heavy (non-hydrogen) atoms. The summed E-state index contributed by atoms with van der Waals surface area (Å²) >= 11 is 0. The van der Waals surface area contributed by atoms with Gasteiger partial charge in [-0.3, -0.25) is 0 Å². The number of halogens is 2. The molecule has 1 atom stereocenters. The normalized spacial score (nSPS) is 17.4. The fourth-order valence-electron chi connectivity index (χ4n) is 2.73. The van der Waals surface area contributed by atoms with Gasteiger partial charge in [-0.05, 0) is 43.7 Å². The second-order valence-corrected chi connectivity index (χ2v) is 5.78. The number of benzene rings is 1. The fraction of sp³-hybridized carbons (Fsp3) is 0.562. The first kappa shape index (κ1) is 16.7. The highest BCUT2D eigenvalue weighted by Crippen LogP contribution is 2.20. The van der Waals surface area contributed by atoms with Crippen molar-refractivity contribution >= 4 is 6.03 Å². The Kier molecular flexibility index (Phi) is 5.71. The second kappa shape index (κ2) is 7.54. The Bertz CT molecular complexity index is 515. The van der Waals surface area contributed by atoms with Gasteiger partial charge in [0.05, 0.1) is 6.10 Å². The Morgan fingerprint density at radius 2 is 2.09 bits per heavy atom. The van der Waals surface area contributed by atoms with Crippen LogP contribution in [-0.4, -0.2) is 41.8 Å². The number of hydrogen-bond acceptors (Lipinski definition) is 2. The first-order chi connectivity index (χ1) is 10.5. The maximum atomic E-state index is 13.5. The summed E-state index contributed by atoms with van der Waals surface area (Å²) in [7, 11) is 0. The van der Waals surface area contributed by atoms with Crippen LogP contribution in [0.2, 0.25) is 0 Å². The molecule has 0 spiro atoms. The number of likely N-dealkylation sites (tertiary alicyclic amines) is 1. The van der Waals surface area contributed by atoms with E-state index in [0.29, 0.717) is 31.6 Å². The van der Waals surface area contributed by atoms with E-state index < -0.39 is 11.6 Å². The van der Waals surface area contributed by atoms with E-state index >= 15 is 0 Å². The number of rotatable bonds is 4. The SMILES string of the molecule is CC(O)C1CCN(C(=O)NCCc2ccc(F)cc2F)CC1. The molecule has 1 saturated heterocycles. The molecule has 1 aliphatic heterocycles. The number of carbonyl (C=O) groups excluding carboxylic acids is 1. The van der Waals surface area contributed by atoms with E-state index in [0.717, 1.165) is 18.9 Å². The molecule has 4 nitrogen and oxygen atoms in total. The van der Waals surface area contributed by atoms with Crippen molar-refractivity contribution in [2.24, 2.45) is 5.92 Å². The maximum absolute atomic E-state index is 13.5. The predicted molar refractivity (Wildman–Crippen MR) is 79.4 cm³/mol. The lowest BCUT2D eigenvalue weighted by Crippen LogP contribution is -2.46. The monoisotopic (exact) mass is 312 g/mol. The molecule has 122 valence electrons. The first-order valence-corrected chi connectivity index (χ1v) is 7.62. The minimum absolute atomic E-state index is 0.174. The molecule has 0 saturated carbocycles. The summed E-state index contributed by atoms with van der Waals surface area (Å²) < 4.78 is 26.3. The number of aliphatic hydroxyl groups is 1. The van der Waals surface area contributed by atoms with Gasteiger partial charge in [0.25, 0.3) is 0 Å². The van der Waals surface area contributed by atoms with Gasteiger partial charge in [0.15, 0.2) is 0 Å². The van der Waals surface area contributed by atoms with Crippen molar-refractivity contribution in [1.82, 2.24) is 10.2 Å². The van der Waals surface area contributed by atoms with Crippen LogP contribution in [0, 0.1) is 17.6 Å². The third-order valence-corrected chi connectivity index (χ3v) is 4.19. The number of nitrogens with zero attached hydrogens (tertiary/aromatic N) is 1. The van der Waals surface area contributed by atoms with Crippen molar-refractivity contribution in [3.63, 3.8) is 0 Å². The standard InChI is InChI=1S/C16H22F2N2O2/c1-11(21)12-5-8-20(9-6-12)16(22)19-7-4-13-2-3-14(17)10-15(13)18/h2-3,10-12,21H,4-9H2,1H3,(H,19,22). The smallest absolute Gasteiger partial charge is 0.317 e. The quantitative estimate of drug-likeness (QED) is 0.896. The molecular formula is C16H22F2N2O2. The largest absolute Gasteiger partial charge is 0.393 e. The molecule has 2 amide bonds. The molecule has 0 aromatic heterocycles. The van der Waals surface area contributed by atoms with Gasteiger partial charge in [-0.2, -0.15) is 0 Å². The fourth-order valence-corrected chi connectivity index (χ4v) is 2.73. The summed E-state index contributed by atoms with van der Waals surface area (Å²) in [6.45, 7) is 3.31. The summed E-state index contributed by atoms with van der Waals surface area (Å²) in [6, 6.07) is 3.27. The molecule has 2 N–H and O–H groups in total. The van der Waals surface area contributed by atoms with Crippen LogP contribution in [0.4, 0.5) is 13.6 Å². The summed E-state index contributed by atoms with van der Waals surface area (Å²) in [5.41, 5.74) is 0.384. The number of urea groups is 1.